The zero-order valence-corrected chi connectivity index (χ0v) is 42.5. The first kappa shape index (κ1) is 46.5. The Balaban J connectivity index is 0.00000578. The molecule has 7 aromatic carbocycles. The molecule has 0 amide bonds. The van der Waals surface area contributed by atoms with Crippen molar-refractivity contribution in [2.45, 2.75) is 84.5 Å². The van der Waals surface area contributed by atoms with E-state index in [1.54, 1.807) is 0 Å². The molecule has 0 radical (unpaired) electrons. The molecule has 0 bridgehead atoms. The van der Waals surface area contributed by atoms with Crippen molar-refractivity contribution in [1.29, 1.82) is 0 Å². The number of nitrogens with zero attached hydrogens (tertiary/aromatic N) is 4. The van der Waals surface area contributed by atoms with Gasteiger partial charge in [0.2, 0.25) is 0 Å². The Hall–Kier alpha value is -6.61. The molecule has 10 rings (SSSR count). The van der Waals surface area contributed by atoms with Crippen LogP contribution in [0.4, 0.5) is 0 Å². The normalized spacial score (nSPS) is 11.9. The van der Waals surface area contributed by atoms with Gasteiger partial charge >= 0.3 is 21.1 Å². The molecule has 3 heterocycles. The number of hydrogen-bond donors (Lipinski definition) is 0. The van der Waals surface area contributed by atoms with Crippen LogP contribution < -0.4 is 0 Å². The summed E-state index contributed by atoms with van der Waals surface area (Å²) in [5, 5.41) is 2.28. The van der Waals surface area contributed by atoms with Crippen LogP contribution in [0.1, 0.15) is 124 Å². The Labute approximate surface area is 417 Å². The predicted octanol–water partition coefficient (Wildman–Crippen LogP) is 16.2. The van der Waals surface area contributed by atoms with E-state index in [0.29, 0.717) is 23.7 Å². The first-order valence-electron chi connectivity index (χ1n) is 23.9. The van der Waals surface area contributed by atoms with Gasteiger partial charge in [-0.05, 0) is 91.8 Å². The van der Waals surface area contributed by atoms with E-state index in [9.17, 15) is 0 Å². The standard InChI is InChI=1S/C63H58N4.Pt/c1-41(2)51-27-18-28-52(42(3)4)60(51)45-34-35-64-59(39-45)67-57-31-16-15-26-55(57)56-33-32-50(40-58(56)67)63(47-21-11-9-12-22-47,48-23-13-10-14-24-48)49-25-17-20-46(38-49)62-65-36-37-66(62)61-53(43(5)6)29-19-30-54(61)44(7)8;/h9-37,39,41-44H,1-8H3;/q-2;+2. The van der Waals surface area contributed by atoms with Crippen LogP contribution in [0.25, 0.3) is 55.8 Å². The zero-order chi connectivity index (χ0) is 46.4. The Morgan fingerprint density at radius 1 is 0.485 bits per heavy atom. The number of rotatable bonds is 12. The predicted molar refractivity (Wildman–Crippen MR) is 279 cm³/mol. The van der Waals surface area contributed by atoms with Gasteiger partial charge in [-0.3, -0.25) is 4.98 Å². The second-order valence-corrected chi connectivity index (χ2v) is 19.2. The maximum atomic E-state index is 5.16. The molecule has 0 saturated heterocycles. The van der Waals surface area contributed by atoms with Crippen molar-refractivity contribution in [3.8, 4) is 34.0 Å². The molecule has 3 aromatic heterocycles. The number of fused-ring (bicyclic) bond motifs is 3. The van der Waals surface area contributed by atoms with Crippen molar-refractivity contribution in [3.63, 3.8) is 0 Å². The van der Waals surface area contributed by atoms with E-state index in [2.05, 4.69) is 247 Å². The molecule has 0 aliphatic carbocycles. The van der Waals surface area contributed by atoms with Crippen LogP contribution in [0.15, 0.2) is 182 Å². The van der Waals surface area contributed by atoms with E-state index in [0.717, 1.165) is 61.3 Å². The van der Waals surface area contributed by atoms with Crippen LogP contribution in [0.5, 0.6) is 0 Å². The van der Waals surface area contributed by atoms with Crippen LogP contribution in [-0.4, -0.2) is 19.1 Å². The van der Waals surface area contributed by atoms with Crippen molar-refractivity contribution in [2.75, 3.05) is 0 Å². The molecule has 0 fully saturated rings. The summed E-state index contributed by atoms with van der Waals surface area (Å²) in [4.78, 5) is 10.2. The van der Waals surface area contributed by atoms with Gasteiger partial charge in [-0.2, -0.15) is 18.2 Å². The number of para-hydroxylation sites is 2. The molecule has 0 atom stereocenters. The molecular weight excluding hydrogens is 1010 g/mol. The van der Waals surface area contributed by atoms with E-state index in [4.69, 9.17) is 9.97 Å². The summed E-state index contributed by atoms with van der Waals surface area (Å²) < 4.78 is 4.61. The Bertz CT molecular complexity index is 3280. The average molecular weight is 1070 g/mol. The molecular formula is C63H58N4Pt. The first-order valence-corrected chi connectivity index (χ1v) is 23.9. The summed E-state index contributed by atoms with van der Waals surface area (Å²) in [6, 6.07) is 67.7. The summed E-state index contributed by atoms with van der Waals surface area (Å²) in [7, 11) is 0. The third-order valence-electron chi connectivity index (χ3n) is 13.7. The Morgan fingerprint density at radius 3 is 1.66 bits per heavy atom. The third kappa shape index (κ3) is 7.97. The third-order valence-corrected chi connectivity index (χ3v) is 13.7. The van der Waals surface area contributed by atoms with Gasteiger partial charge in [0, 0.05) is 35.2 Å². The van der Waals surface area contributed by atoms with Gasteiger partial charge in [0.25, 0.3) is 0 Å². The van der Waals surface area contributed by atoms with Crippen molar-refractivity contribution < 1.29 is 21.1 Å². The van der Waals surface area contributed by atoms with Gasteiger partial charge in [-0.15, -0.1) is 46.3 Å². The Kier molecular flexibility index (Phi) is 13.1. The van der Waals surface area contributed by atoms with E-state index in [1.165, 1.54) is 39.1 Å². The average Bonchev–Trinajstić information content (AvgIpc) is 3.98. The van der Waals surface area contributed by atoms with Crippen LogP contribution in [0.2, 0.25) is 0 Å². The van der Waals surface area contributed by atoms with Crippen LogP contribution in [0.3, 0.4) is 0 Å². The number of imidazole rings is 1. The van der Waals surface area contributed by atoms with Crippen molar-refractivity contribution >= 4 is 21.8 Å². The molecule has 0 unspecified atom stereocenters. The van der Waals surface area contributed by atoms with E-state index < -0.39 is 5.41 Å². The molecule has 68 heavy (non-hydrogen) atoms. The summed E-state index contributed by atoms with van der Waals surface area (Å²) in [5.74, 6) is 3.10. The maximum absolute atomic E-state index is 5.16. The molecule has 10 aromatic rings. The van der Waals surface area contributed by atoms with Crippen molar-refractivity contribution in [1.82, 2.24) is 19.1 Å². The monoisotopic (exact) mass is 1070 g/mol. The van der Waals surface area contributed by atoms with Gasteiger partial charge in [0.15, 0.2) is 0 Å². The SMILES string of the molecule is CC(C)c1cccc(C(C)C)c1-c1ccnc(-n2c3[c-]c(C(c4[c-]c(-c5nccn5-c5c(C(C)C)cccc5C(C)C)ccc4)(c4ccccc4)c4ccccc4)ccc3c3ccccc32)c1.[Pt+2]. The minimum atomic E-state index is -0.831. The molecule has 0 N–H and O–H groups in total. The molecule has 340 valence electrons. The molecule has 0 spiro atoms. The van der Waals surface area contributed by atoms with Crippen LogP contribution in [0, 0.1) is 12.1 Å². The quantitative estimate of drug-likeness (QED) is 0.0903. The van der Waals surface area contributed by atoms with E-state index in [-0.39, 0.29) is 21.1 Å². The van der Waals surface area contributed by atoms with Gasteiger partial charge in [-0.1, -0.05) is 176 Å². The molecule has 4 nitrogen and oxygen atoms in total. The Morgan fingerprint density at radius 2 is 1.04 bits per heavy atom. The van der Waals surface area contributed by atoms with E-state index in [1.807, 2.05) is 12.4 Å². The zero-order valence-electron chi connectivity index (χ0n) is 40.2. The number of pyridine rings is 1. The smallest absolute Gasteiger partial charge is 0.340 e. The largest absolute Gasteiger partial charge is 2.00 e. The first-order chi connectivity index (χ1) is 32.6. The van der Waals surface area contributed by atoms with Gasteiger partial charge in [0.1, 0.15) is 5.82 Å². The van der Waals surface area contributed by atoms with Gasteiger partial charge in [-0.25, -0.2) is 4.98 Å². The minimum Gasteiger partial charge on any atom is -0.340 e. The minimum absolute atomic E-state index is 0. The summed E-state index contributed by atoms with van der Waals surface area (Å²) >= 11 is 0. The molecule has 0 aliphatic heterocycles. The summed E-state index contributed by atoms with van der Waals surface area (Å²) in [5.41, 5.74) is 15.4. The van der Waals surface area contributed by atoms with Crippen LogP contribution >= 0.6 is 0 Å². The summed E-state index contributed by atoms with van der Waals surface area (Å²) in [6.07, 6.45) is 6.01. The van der Waals surface area contributed by atoms with Crippen molar-refractivity contribution in [3.05, 3.63) is 239 Å². The second kappa shape index (κ2) is 19.2. The van der Waals surface area contributed by atoms with Gasteiger partial charge in [0.05, 0.1) is 5.82 Å². The molecule has 0 aliphatic rings. The van der Waals surface area contributed by atoms with E-state index >= 15 is 0 Å². The van der Waals surface area contributed by atoms with Crippen LogP contribution in [-0.2, 0) is 26.5 Å². The van der Waals surface area contributed by atoms with Crippen molar-refractivity contribution in [2.24, 2.45) is 0 Å². The maximum Gasteiger partial charge on any atom is 2.00 e. The fourth-order valence-corrected chi connectivity index (χ4v) is 10.5. The fourth-order valence-electron chi connectivity index (χ4n) is 10.5. The second-order valence-electron chi connectivity index (χ2n) is 19.2. The molecule has 5 heteroatoms. The fraction of sp³-hybridized carbons (Fsp3) is 0.206. The molecule has 0 saturated carbocycles. The number of aromatic nitrogens is 4. The summed E-state index contributed by atoms with van der Waals surface area (Å²) in [6.45, 7) is 18.2. The topological polar surface area (TPSA) is 35.6 Å². The number of benzene rings is 7. The van der Waals surface area contributed by atoms with Gasteiger partial charge < -0.3 is 9.13 Å². The number of hydrogen-bond acceptors (Lipinski definition) is 2.